The van der Waals surface area contributed by atoms with Crippen LogP contribution >= 0.6 is 0 Å². The number of rotatable bonds is 3. The Morgan fingerprint density at radius 3 is 2.25 bits per heavy atom. The van der Waals surface area contributed by atoms with Gasteiger partial charge in [-0.15, -0.1) is 0 Å². The second-order valence-corrected chi connectivity index (χ2v) is 4.85. The summed E-state index contributed by atoms with van der Waals surface area (Å²) in [4.78, 5) is 22.5. The van der Waals surface area contributed by atoms with Gasteiger partial charge in [0, 0.05) is 19.2 Å². The van der Waals surface area contributed by atoms with E-state index in [1.807, 2.05) is 18.7 Å². The molecular formula is C12H15N3O5. The average molecular weight is 281 g/mol. The molecule has 2 atom stereocenters. The molecule has 0 spiro atoms. The minimum absolute atomic E-state index is 0.0476. The SMILES string of the molecule is C[C@@H]1CN(c2ccc([N+](=O)[O-])cc2[N+](=O)[O-])C[C@@H](C)O1. The van der Waals surface area contributed by atoms with Crippen molar-refractivity contribution in [2.45, 2.75) is 26.1 Å². The van der Waals surface area contributed by atoms with Crippen LogP contribution in [0.5, 0.6) is 0 Å². The standard InChI is InChI=1S/C12H15N3O5/c1-8-6-13(7-9(2)20-8)11-4-3-10(14(16)17)5-12(11)15(18)19/h3-5,8-9H,6-7H2,1-2H3/t8-,9-/m1/s1. The predicted molar refractivity (Wildman–Crippen MR) is 72.0 cm³/mol. The summed E-state index contributed by atoms with van der Waals surface area (Å²) in [6, 6.07) is 3.72. The molecule has 1 aliphatic rings. The number of morpholine rings is 1. The fourth-order valence-electron chi connectivity index (χ4n) is 2.41. The zero-order chi connectivity index (χ0) is 14.9. The molecule has 1 heterocycles. The molecule has 1 aromatic rings. The maximum atomic E-state index is 11.1. The zero-order valence-corrected chi connectivity index (χ0v) is 11.2. The molecule has 0 radical (unpaired) electrons. The van der Waals surface area contributed by atoms with Gasteiger partial charge in [0.05, 0.1) is 28.1 Å². The molecule has 2 rings (SSSR count). The summed E-state index contributed by atoms with van der Waals surface area (Å²) in [5, 5.41) is 21.8. The second-order valence-electron chi connectivity index (χ2n) is 4.85. The molecule has 0 unspecified atom stereocenters. The van der Waals surface area contributed by atoms with Gasteiger partial charge < -0.3 is 9.64 Å². The van der Waals surface area contributed by atoms with Gasteiger partial charge >= 0.3 is 0 Å². The second kappa shape index (κ2) is 5.41. The predicted octanol–water partition coefficient (Wildman–Crippen LogP) is 2.12. The summed E-state index contributed by atoms with van der Waals surface area (Å²) in [5.41, 5.74) is -0.141. The van der Waals surface area contributed by atoms with E-state index in [0.717, 1.165) is 6.07 Å². The summed E-state index contributed by atoms with van der Waals surface area (Å²) in [6.07, 6.45) is -0.0953. The highest BCUT2D eigenvalue weighted by Crippen LogP contribution is 2.33. The quantitative estimate of drug-likeness (QED) is 0.621. The number of nitro groups is 2. The van der Waals surface area contributed by atoms with E-state index in [2.05, 4.69) is 0 Å². The van der Waals surface area contributed by atoms with Crippen LogP contribution in [0, 0.1) is 20.2 Å². The molecule has 0 amide bonds. The first-order valence-corrected chi connectivity index (χ1v) is 6.21. The van der Waals surface area contributed by atoms with Gasteiger partial charge in [-0.3, -0.25) is 20.2 Å². The van der Waals surface area contributed by atoms with Crippen molar-refractivity contribution in [3.05, 3.63) is 38.4 Å². The van der Waals surface area contributed by atoms with Gasteiger partial charge in [-0.25, -0.2) is 0 Å². The fourth-order valence-corrected chi connectivity index (χ4v) is 2.41. The molecule has 1 fully saturated rings. The smallest absolute Gasteiger partial charge is 0.299 e. The van der Waals surface area contributed by atoms with E-state index in [4.69, 9.17) is 4.74 Å². The minimum Gasteiger partial charge on any atom is -0.372 e. The van der Waals surface area contributed by atoms with E-state index in [9.17, 15) is 20.2 Å². The van der Waals surface area contributed by atoms with Crippen LogP contribution in [0.4, 0.5) is 17.1 Å². The van der Waals surface area contributed by atoms with Crippen molar-refractivity contribution < 1.29 is 14.6 Å². The summed E-state index contributed by atoms with van der Waals surface area (Å²) in [7, 11) is 0. The maximum Gasteiger partial charge on any atom is 0.299 e. The molecule has 0 saturated carbocycles. The number of hydrogen-bond donors (Lipinski definition) is 0. The van der Waals surface area contributed by atoms with Gasteiger partial charge in [0.15, 0.2) is 0 Å². The Morgan fingerprint density at radius 1 is 1.15 bits per heavy atom. The van der Waals surface area contributed by atoms with Gasteiger partial charge in [-0.2, -0.15) is 0 Å². The summed E-state index contributed by atoms with van der Waals surface area (Å²) in [6.45, 7) is 4.81. The summed E-state index contributed by atoms with van der Waals surface area (Å²) >= 11 is 0. The van der Waals surface area contributed by atoms with Crippen LogP contribution in [0.2, 0.25) is 0 Å². The highest BCUT2D eigenvalue weighted by molar-refractivity contribution is 5.67. The Bertz CT molecular complexity index is 538. The van der Waals surface area contributed by atoms with Crippen molar-refractivity contribution in [3.63, 3.8) is 0 Å². The number of ether oxygens (including phenoxy) is 1. The topological polar surface area (TPSA) is 98.8 Å². The first kappa shape index (κ1) is 14.2. The number of nitro benzene ring substituents is 2. The van der Waals surface area contributed by atoms with Gasteiger partial charge in [0.2, 0.25) is 0 Å². The minimum atomic E-state index is -0.638. The highest BCUT2D eigenvalue weighted by atomic mass is 16.6. The summed E-state index contributed by atoms with van der Waals surface area (Å²) in [5.74, 6) is 0. The van der Waals surface area contributed by atoms with Crippen molar-refractivity contribution in [3.8, 4) is 0 Å². The van der Waals surface area contributed by atoms with Crippen LogP contribution in [0.25, 0.3) is 0 Å². The number of anilines is 1. The molecule has 0 N–H and O–H groups in total. The number of nitrogens with zero attached hydrogens (tertiary/aromatic N) is 3. The molecule has 1 aliphatic heterocycles. The molecule has 8 heteroatoms. The number of hydrogen-bond acceptors (Lipinski definition) is 6. The average Bonchev–Trinajstić information content (AvgIpc) is 2.36. The Balaban J connectivity index is 2.40. The van der Waals surface area contributed by atoms with E-state index >= 15 is 0 Å². The fraction of sp³-hybridized carbons (Fsp3) is 0.500. The third kappa shape index (κ3) is 2.85. The first-order chi connectivity index (χ1) is 9.38. The Hall–Kier alpha value is -2.22. The normalized spacial score (nSPS) is 22.6. The third-order valence-corrected chi connectivity index (χ3v) is 3.13. The lowest BCUT2D eigenvalue weighted by Crippen LogP contribution is -2.45. The number of benzene rings is 1. The Labute approximate surface area is 115 Å². The molecule has 1 saturated heterocycles. The van der Waals surface area contributed by atoms with E-state index in [1.54, 1.807) is 0 Å². The molecule has 108 valence electrons. The molecule has 1 aromatic carbocycles. The lowest BCUT2D eigenvalue weighted by Gasteiger charge is -2.36. The van der Waals surface area contributed by atoms with Gasteiger partial charge in [0.25, 0.3) is 11.4 Å². The van der Waals surface area contributed by atoms with Crippen LogP contribution < -0.4 is 4.90 Å². The van der Waals surface area contributed by atoms with E-state index in [-0.39, 0.29) is 23.6 Å². The van der Waals surface area contributed by atoms with Crippen molar-refractivity contribution >= 4 is 17.1 Å². The van der Waals surface area contributed by atoms with Crippen molar-refractivity contribution in [1.82, 2.24) is 0 Å². The summed E-state index contributed by atoms with van der Waals surface area (Å²) < 4.78 is 5.58. The zero-order valence-electron chi connectivity index (χ0n) is 11.2. The van der Waals surface area contributed by atoms with Crippen LogP contribution in [-0.4, -0.2) is 35.1 Å². The van der Waals surface area contributed by atoms with Gasteiger partial charge in [0.1, 0.15) is 5.69 Å². The highest BCUT2D eigenvalue weighted by Gasteiger charge is 2.28. The molecule has 8 nitrogen and oxygen atoms in total. The Kier molecular flexibility index (Phi) is 3.84. The molecule has 0 aromatic heterocycles. The Morgan fingerprint density at radius 2 is 1.75 bits per heavy atom. The third-order valence-electron chi connectivity index (χ3n) is 3.13. The van der Waals surface area contributed by atoms with Crippen molar-refractivity contribution in [2.75, 3.05) is 18.0 Å². The van der Waals surface area contributed by atoms with Crippen LogP contribution in [0.3, 0.4) is 0 Å². The van der Waals surface area contributed by atoms with Crippen LogP contribution in [0.15, 0.2) is 18.2 Å². The lowest BCUT2D eigenvalue weighted by molar-refractivity contribution is -0.393. The lowest BCUT2D eigenvalue weighted by atomic mass is 10.1. The molecule has 0 aliphatic carbocycles. The van der Waals surface area contributed by atoms with Crippen LogP contribution in [-0.2, 0) is 4.74 Å². The van der Waals surface area contributed by atoms with E-state index in [1.165, 1.54) is 12.1 Å². The van der Waals surface area contributed by atoms with Crippen molar-refractivity contribution in [2.24, 2.45) is 0 Å². The van der Waals surface area contributed by atoms with Gasteiger partial charge in [-0.1, -0.05) is 0 Å². The molecular weight excluding hydrogens is 266 g/mol. The largest absolute Gasteiger partial charge is 0.372 e. The van der Waals surface area contributed by atoms with E-state index in [0.29, 0.717) is 18.8 Å². The molecule has 0 bridgehead atoms. The van der Waals surface area contributed by atoms with Crippen molar-refractivity contribution in [1.29, 1.82) is 0 Å². The first-order valence-electron chi connectivity index (χ1n) is 6.21. The maximum absolute atomic E-state index is 11.1. The molecule has 20 heavy (non-hydrogen) atoms. The number of non-ortho nitro benzene ring substituents is 1. The van der Waals surface area contributed by atoms with Gasteiger partial charge in [-0.05, 0) is 19.9 Å². The monoisotopic (exact) mass is 281 g/mol. The van der Waals surface area contributed by atoms with E-state index < -0.39 is 9.85 Å². The van der Waals surface area contributed by atoms with Crippen LogP contribution in [0.1, 0.15) is 13.8 Å².